The van der Waals surface area contributed by atoms with Gasteiger partial charge in [0, 0.05) is 50.5 Å². The van der Waals surface area contributed by atoms with Crippen molar-refractivity contribution in [1.29, 1.82) is 0 Å². The molecule has 0 fully saturated rings. The first kappa shape index (κ1) is 29.9. The van der Waals surface area contributed by atoms with E-state index in [-0.39, 0.29) is 12.6 Å². The molecule has 6 heterocycles. The van der Waals surface area contributed by atoms with E-state index in [9.17, 15) is 4.79 Å². The normalized spacial score (nSPS) is 12.0. The maximum Gasteiger partial charge on any atom is 0.338 e. The van der Waals surface area contributed by atoms with Crippen LogP contribution in [-0.2, 0) is 11.3 Å². The SMILES string of the molecule is CCOC(=O)c1ccccc1-c1c2nc(cc3ccc([nH]3)c(-c3cnn(Cc4ccc(OC)cc4)c3)c3nc(cc4ccc1[nH]4)C=C3)C=C2. The lowest BCUT2D eigenvalue weighted by Gasteiger charge is -2.10. The lowest BCUT2D eigenvalue weighted by Crippen LogP contribution is -2.06. The molecular formula is C40H32N6O3. The quantitative estimate of drug-likeness (QED) is 0.169. The summed E-state index contributed by atoms with van der Waals surface area (Å²) in [6.07, 6.45) is 11.9. The average molecular weight is 645 g/mol. The first-order valence-corrected chi connectivity index (χ1v) is 16.1. The highest BCUT2D eigenvalue weighted by Crippen LogP contribution is 2.34. The minimum atomic E-state index is -0.375. The Morgan fingerprint density at radius 2 is 1.43 bits per heavy atom. The van der Waals surface area contributed by atoms with Gasteiger partial charge < -0.3 is 19.4 Å². The van der Waals surface area contributed by atoms with Crippen LogP contribution in [0.5, 0.6) is 5.75 Å². The summed E-state index contributed by atoms with van der Waals surface area (Å²) in [6.45, 7) is 2.72. The van der Waals surface area contributed by atoms with Crippen LogP contribution in [0, 0.1) is 0 Å². The number of rotatable bonds is 7. The van der Waals surface area contributed by atoms with Crippen molar-refractivity contribution in [2.45, 2.75) is 13.5 Å². The molecule has 0 amide bonds. The molecular weight excluding hydrogens is 612 g/mol. The molecule has 6 aromatic rings. The molecule has 0 radical (unpaired) electrons. The summed E-state index contributed by atoms with van der Waals surface area (Å²) in [5, 5.41) is 4.70. The summed E-state index contributed by atoms with van der Waals surface area (Å²) in [5.41, 5.74) is 11.7. The monoisotopic (exact) mass is 644 g/mol. The van der Waals surface area contributed by atoms with Gasteiger partial charge >= 0.3 is 5.97 Å². The van der Waals surface area contributed by atoms with Crippen molar-refractivity contribution < 1.29 is 14.3 Å². The van der Waals surface area contributed by atoms with Crippen LogP contribution in [0.4, 0.5) is 0 Å². The summed E-state index contributed by atoms with van der Waals surface area (Å²) in [6, 6.07) is 27.6. The number of aromatic amines is 2. The van der Waals surface area contributed by atoms with Crippen molar-refractivity contribution in [2.75, 3.05) is 13.7 Å². The number of carbonyl (C=O) groups excluding carboxylic acids is 1. The number of nitrogens with one attached hydrogen (secondary N) is 2. The van der Waals surface area contributed by atoms with Gasteiger partial charge in [-0.25, -0.2) is 14.8 Å². The molecule has 2 aromatic carbocycles. The number of esters is 1. The van der Waals surface area contributed by atoms with E-state index in [1.54, 1.807) is 20.1 Å². The lowest BCUT2D eigenvalue weighted by molar-refractivity contribution is 0.0527. The molecule has 240 valence electrons. The van der Waals surface area contributed by atoms with Gasteiger partial charge in [-0.1, -0.05) is 30.3 Å². The summed E-state index contributed by atoms with van der Waals surface area (Å²) < 4.78 is 12.7. The van der Waals surface area contributed by atoms with Crippen molar-refractivity contribution in [3.8, 4) is 28.0 Å². The second kappa shape index (κ2) is 12.6. The van der Waals surface area contributed by atoms with Gasteiger partial charge in [0.15, 0.2) is 0 Å². The van der Waals surface area contributed by atoms with Gasteiger partial charge in [0.25, 0.3) is 0 Å². The van der Waals surface area contributed by atoms with Gasteiger partial charge in [-0.15, -0.1) is 0 Å². The number of fused-ring (bicyclic) bond motifs is 8. The van der Waals surface area contributed by atoms with E-state index in [2.05, 4.69) is 16.0 Å². The van der Waals surface area contributed by atoms with E-state index in [0.717, 1.165) is 78.4 Å². The van der Waals surface area contributed by atoms with Crippen molar-refractivity contribution in [3.63, 3.8) is 0 Å². The molecule has 0 saturated heterocycles. The van der Waals surface area contributed by atoms with Gasteiger partial charge in [-0.05, 0) is 91.4 Å². The van der Waals surface area contributed by atoms with Crippen LogP contribution in [0.2, 0.25) is 0 Å². The second-order valence-electron chi connectivity index (χ2n) is 11.7. The number of H-pyrrole nitrogens is 2. The van der Waals surface area contributed by atoms with E-state index < -0.39 is 0 Å². The molecule has 2 aliphatic rings. The fraction of sp³-hybridized carbons (Fsp3) is 0.100. The topological polar surface area (TPSA) is 111 Å². The Kier molecular flexibility index (Phi) is 7.69. The van der Waals surface area contributed by atoms with Crippen molar-refractivity contribution >= 4 is 52.3 Å². The highest BCUT2D eigenvalue weighted by atomic mass is 16.5. The summed E-state index contributed by atoms with van der Waals surface area (Å²) in [4.78, 5) is 30.2. The minimum Gasteiger partial charge on any atom is -0.497 e. The van der Waals surface area contributed by atoms with Crippen molar-refractivity contribution in [3.05, 3.63) is 131 Å². The van der Waals surface area contributed by atoms with Crippen LogP contribution >= 0.6 is 0 Å². The smallest absolute Gasteiger partial charge is 0.338 e. The van der Waals surface area contributed by atoms with Crippen LogP contribution in [0.15, 0.2) is 97.3 Å². The Hall–Kier alpha value is -6.48. The molecule has 0 saturated carbocycles. The molecule has 0 aliphatic carbocycles. The Balaban J connectivity index is 1.30. The number of methoxy groups -OCH3 is 1. The van der Waals surface area contributed by atoms with Crippen molar-refractivity contribution in [1.82, 2.24) is 29.7 Å². The predicted octanol–water partition coefficient (Wildman–Crippen LogP) is 8.42. The predicted molar refractivity (Wildman–Crippen MR) is 194 cm³/mol. The third-order valence-corrected chi connectivity index (χ3v) is 8.52. The molecule has 2 aliphatic heterocycles. The summed E-state index contributed by atoms with van der Waals surface area (Å²) in [5.74, 6) is 0.447. The zero-order chi connectivity index (χ0) is 33.3. The summed E-state index contributed by atoms with van der Waals surface area (Å²) in [7, 11) is 1.67. The zero-order valence-corrected chi connectivity index (χ0v) is 27.0. The third kappa shape index (κ3) is 5.94. The number of benzene rings is 2. The number of aromatic nitrogens is 6. The fourth-order valence-corrected chi connectivity index (χ4v) is 6.25. The molecule has 49 heavy (non-hydrogen) atoms. The van der Waals surface area contributed by atoms with Crippen LogP contribution in [0.3, 0.4) is 0 Å². The number of hydrogen-bond acceptors (Lipinski definition) is 6. The second-order valence-corrected chi connectivity index (χ2v) is 11.7. The molecule has 0 unspecified atom stereocenters. The highest BCUT2D eigenvalue weighted by molar-refractivity contribution is 6.02. The van der Waals surface area contributed by atoms with E-state index in [1.807, 2.05) is 114 Å². The molecule has 2 N–H and O–H groups in total. The Bertz CT molecular complexity index is 2450. The molecule has 9 heteroatoms. The van der Waals surface area contributed by atoms with Gasteiger partial charge in [-0.2, -0.15) is 5.10 Å². The van der Waals surface area contributed by atoms with E-state index in [4.69, 9.17) is 24.5 Å². The first-order chi connectivity index (χ1) is 24.0. The summed E-state index contributed by atoms with van der Waals surface area (Å²) >= 11 is 0. The Morgan fingerprint density at radius 3 is 2.10 bits per heavy atom. The van der Waals surface area contributed by atoms with Gasteiger partial charge in [0.2, 0.25) is 0 Å². The number of carbonyl (C=O) groups is 1. The molecule has 9 nitrogen and oxygen atoms in total. The van der Waals surface area contributed by atoms with Gasteiger partial charge in [-0.3, -0.25) is 4.68 Å². The Morgan fingerprint density at radius 1 is 0.776 bits per heavy atom. The fourth-order valence-electron chi connectivity index (χ4n) is 6.25. The lowest BCUT2D eigenvalue weighted by atomic mass is 9.98. The van der Waals surface area contributed by atoms with Crippen LogP contribution in [0.25, 0.3) is 68.6 Å². The zero-order valence-electron chi connectivity index (χ0n) is 27.0. The van der Waals surface area contributed by atoms with E-state index in [0.29, 0.717) is 12.1 Å². The standard InChI is InChI=1S/C40H32N6O3/c1-3-49-40(47)33-7-5-4-6-32(33)39-36-18-12-29(44-36)20-27-10-16-34(42-27)38(35-17-11-28(43-35)21-30-13-19-37(39)45-30)26-22-41-46(24-26)23-25-8-14-31(48-2)15-9-25/h4-22,24,42,45H,3,23H2,1-2H3. The maximum atomic E-state index is 13.0. The first-order valence-electron chi connectivity index (χ1n) is 16.1. The average Bonchev–Trinajstić information content (AvgIpc) is 3.97. The maximum absolute atomic E-state index is 13.0. The van der Waals surface area contributed by atoms with Gasteiger partial charge in [0.05, 0.1) is 54.8 Å². The molecule has 0 spiro atoms. The van der Waals surface area contributed by atoms with Crippen molar-refractivity contribution in [2.24, 2.45) is 0 Å². The van der Waals surface area contributed by atoms with Crippen LogP contribution < -0.4 is 4.74 Å². The van der Waals surface area contributed by atoms with Crippen LogP contribution in [-0.4, -0.2) is 49.4 Å². The van der Waals surface area contributed by atoms with Gasteiger partial charge in [0.1, 0.15) is 5.75 Å². The minimum absolute atomic E-state index is 0.287. The number of nitrogens with zero attached hydrogens (tertiary/aromatic N) is 4. The highest BCUT2D eigenvalue weighted by Gasteiger charge is 2.19. The molecule has 4 aromatic heterocycles. The van der Waals surface area contributed by atoms with E-state index in [1.165, 1.54) is 0 Å². The third-order valence-electron chi connectivity index (χ3n) is 8.52. The number of ether oxygens (including phenoxy) is 2. The largest absolute Gasteiger partial charge is 0.497 e. The van der Waals surface area contributed by atoms with E-state index >= 15 is 0 Å². The van der Waals surface area contributed by atoms with Crippen LogP contribution in [0.1, 0.15) is 45.6 Å². The molecule has 0 atom stereocenters. The Labute approximate surface area is 282 Å². The molecule has 8 rings (SSSR count). The molecule has 8 bridgehead atoms. The number of hydrogen-bond donors (Lipinski definition) is 2.